The molecule has 1 aliphatic rings. The summed E-state index contributed by atoms with van der Waals surface area (Å²) in [4.78, 5) is 0. The molecule has 106 valence electrons. The minimum Gasteiger partial charge on any atom is -0.385 e. The van der Waals surface area contributed by atoms with Crippen molar-refractivity contribution in [3.63, 3.8) is 0 Å². The van der Waals surface area contributed by atoms with Crippen molar-refractivity contribution in [1.29, 1.82) is 0 Å². The summed E-state index contributed by atoms with van der Waals surface area (Å²) in [7, 11) is 1.89. The second kappa shape index (κ2) is 4.90. The van der Waals surface area contributed by atoms with Gasteiger partial charge in [0.25, 0.3) is 0 Å². The van der Waals surface area contributed by atoms with E-state index in [1.165, 1.54) is 5.56 Å². The molecule has 0 saturated heterocycles. The van der Waals surface area contributed by atoms with Crippen LogP contribution in [0.2, 0.25) is 5.02 Å². The van der Waals surface area contributed by atoms with Crippen molar-refractivity contribution >= 4 is 11.6 Å². The summed E-state index contributed by atoms with van der Waals surface area (Å²) in [6, 6.07) is 8.12. The SMILES string of the molecule is CCc1nn(C)c(CC2(O)CCc3ccccc32)c1Cl. The smallest absolute Gasteiger partial charge is 0.0958 e. The predicted octanol–water partition coefficient (Wildman–Crippen LogP) is 3.01. The van der Waals surface area contributed by atoms with Crippen LogP contribution in [-0.4, -0.2) is 14.9 Å². The van der Waals surface area contributed by atoms with E-state index in [0.29, 0.717) is 11.4 Å². The molecule has 4 heteroatoms. The molecule has 1 aromatic heterocycles. The minimum absolute atomic E-state index is 0.520. The van der Waals surface area contributed by atoms with Crippen LogP contribution in [0, 0.1) is 0 Å². The Balaban J connectivity index is 1.98. The molecule has 1 atom stereocenters. The lowest BCUT2D eigenvalue weighted by atomic mass is 9.90. The van der Waals surface area contributed by atoms with Crippen LogP contribution >= 0.6 is 11.6 Å². The van der Waals surface area contributed by atoms with E-state index >= 15 is 0 Å². The van der Waals surface area contributed by atoms with E-state index in [9.17, 15) is 5.11 Å². The number of rotatable bonds is 3. The third kappa shape index (κ3) is 2.05. The number of aromatic nitrogens is 2. The molecule has 1 N–H and O–H groups in total. The van der Waals surface area contributed by atoms with Crippen LogP contribution in [0.1, 0.15) is 35.9 Å². The zero-order valence-corrected chi connectivity index (χ0v) is 12.6. The van der Waals surface area contributed by atoms with Gasteiger partial charge in [-0.25, -0.2) is 0 Å². The van der Waals surface area contributed by atoms with Crippen LogP contribution in [0.25, 0.3) is 0 Å². The quantitative estimate of drug-likeness (QED) is 0.944. The van der Waals surface area contributed by atoms with Crippen molar-refractivity contribution in [2.45, 2.75) is 38.2 Å². The highest BCUT2D eigenvalue weighted by molar-refractivity contribution is 6.31. The first-order valence-electron chi connectivity index (χ1n) is 7.06. The average Bonchev–Trinajstić information content (AvgIpc) is 2.92. The Morgan fingerprint density at radius 1 is 1.40 bits per heavy atom. The maximum atomic E-state index is 11.0. The Kier molecular flexibility index (Phi) is 3.35. The zero-order valence-electron chi connectivity index (χ0n) is 11.9. The number of hydrogen-bond donors (Lipinski definition) is 1. The van der Waals surface area contributed by atoms with Gasteiger partial charge in [-0.15, -0.1) is 0 Å². The highest BCUT2D eigenvalue weighted by Crippen LogP contribution is 2.40. The minimum atomic E-state index is -0.820. The van der Waals surface area contributed by atoms with Gasteiger partial charge in [0.05, 0.1) is 22.0 Å². The van der Waals surface area contributed by atoms with Gasteiger partial charge in [0.1, 0.15) is 0 Å². The van der Waals surface area contributed by atoms with Crippen molar-refractivity contribution in [1.82, 2.24) is 9.78 Å². The summed E-state index contributed by atoms with van der Waals surface area (Å²) in [5.74, 6) is 0. The molecule has 3 nitrogen and oxygen atoms in total. The largest absolute Gasteiger partial charge is 0.385 e. The van der Waals surface area contributed by atoms with Crippen LogP contribution in [0.4, 0.5) is 0 Å². The van der Waals surface area contributed by atoms with Crippen molar-refractivity contribution in [2.24, 2.45) is 7.05 Å². The van der Waals surface area contributed by atoms with Gasteiger partial charge < -0.3 is 5.11 Å². The Hall–Kier alpha value is -1.32. The number of fused-ring (bicyclic) bond motifs is 1. The average molecular weight is 291 g/mol. The molecule has 2 aromatic rings. The van der Waals surface area contributed by atoms with E-state index < -0.39 is 5.60 Å². The van der Waals surface area contributed by atoms with Gasteiger partial charge in [0, 0.05) is 13.5 Å². The van der Waals surface area contributed by atoms with E-state index in [1.807, 2.05) is 32.2 Å². The summed E-state index contributed by atoms with van der Waals surface area (Å²) >= 11 is 6.40. The molecular formula is C16H19ClN2O. The fourth-order valence-corrected chi connectivity index (χ4v) is 3.50. The molecule has 0 radical (unpaired) electrons. The highest BCUT2D eigenvalue weighted by atomic mass is 35.5. The Labute approximate surface area is 124 Å². The number of aryl methyl sites for hydroxylation is 3. The Morgan fingerprint density at radius 2 is 2.15 bits per heavy atom. The fourth-order valence-electron chi connectivity index (χ4n) is 3.14. The van der Waals surface area contributed by atoms with Crippen LogP contribution < -0.4 is 0 Å². The van der Waals surface area contributed by atoms with Gasteiger partial charge >= 0.3 is 0 Å². The van der Waals surface area contributed by atoms with Crippen LogP contribution in [0.5, 0.6) is 0 Å². The Morgan fingerprint density at radius 3 is 2.85 bits per heavy atom. The third-order valence-electron chi connectivity index (χ3n) is 4.29. The molecule has 20 heavy (non-hydrogen) atoms. The fraction of sp³-hybridized carbons (Fsp3) is 0.438. The molecule has 0 amide bonds. The summed E-state index contributed by atoms with van der Waals surface area (Å²) in [5, 5.41) is 16.2. The standard InChI is InChI=1S/C16H19ClN2O/c1-3-13-15(17)14(19(2)18-13)10-16(20)9-8-11-6-4-5-7-12(11)16/h4-7,20H,3,8-10H2,1-2H3. The summed E-state index contributed by atoms with van der Waals surface area (Å²) in [6.07, 6.45) is 2.99. The third-order valence-corrected chi connectivity index (χ3v) is 4.73. The first kappa shape index (κ1) is 13.7. The molecule has 0 aliphatic heterocycles. The van der Waals surface area contributed by atoms with Crippen LogP contribution in [-0.2, 0) is 31.9 Å². The number of aliphatic hydroxyl groups is 1. The summed E-state index contributed by atoms with van der Waals surface area (Å²) in [6.45, 7) is 2.04. The lowest BCUT2D eigenvalue weighted by Gasteiger charge is -2.24. The first-order valence-corrected chi connectivity index (χ1v) is 7.44. The first-order chi connectivity index (χ1) is 9.55. The van der Waals surface area contributed by atoms with Crippen molar-refractivity contribution in [2.75, 3.05) is 0 Å². The van der Waals surface area contributed by atoms with E-state index in [1.54, 1.807) is 4.68 Å². The van der Waals surface area contributed by atoms with E-state index in [2.05, 4.69) is 11.2 Å². The maximum Gasteiger partial charge on any atom is 0.0958 e. The molecule has 1 heterocycles. The van der Waals surface area contributed by atoms with E-state index in [4.69, 9.17) is 11.6 Å². The highest BCUT2D eigenvalue weighted by Gasteiger charge is 2.38. The lowest BCUT2D eigenvalue weighted by Crippen LogP contribution is -2.26. The van der Waals surface area contributed by atoms with E-state index in [-0.39, 0.29) is 0 Å². The Bertz CT molecular complexity index is 650. The second-order valence-corrected chi connectivity index (χ2v) is 5.93. The monoisotopic (exact) mass is 290 g/mol. The van der Waals surface area contributed by atoms with Crippen molar-refractivity contribution < 1.29 is 5.11 Å². The number of nitrogens with zero attached hydrogens (tertiary/aromatic N) is 2. The second-order valence-electron chi connectivity index (χ2n) is 5.55. The van der Waals surface area contributed by atoms with Gasteiger partial charge in [-0.1, -0.05) is 42.8 Å². The molecule has 1 aliphatic carbocycles. The number of hydrogen-bond acceptors (Lipinski definition) is 2. The van der Waals surface area contributed by atoms with Crippen LogP contribution in [0.3, 0.4) is 0 Å². The van der Waals surface area contributed by atoms with Crippen molar-refractivity contribution in [3.05, 3.63) is 51.8 Å². The maximum absolute atomic E-state index is 11.0. The predicted molar refractivity (Wildman–Crippen MR) is 80.0 cm³/mol. The van der Waals surface area contributed by atoms with Crippen LogP contribution in [0.15, 0.2) is 24.3 Å². The van der Waals surface area contributed by atoms with Gasteiger partial charge in [0.15, 0.2) is 0 Å². The molecule has 0 spiro atoms. The summed E-state index contributed by atoms with van der Waals surface area (Å²) in [5.41, 5.74) is 3.28. The number of halogens is 1. The van der Waals surface area contributed by atoms with Gasteiger partial charge in [-0.05, 0) is 30.4 Å². The summed E-state index contributed by atoms with van der Waals surface area (Å²) < 4.78 is 1.81. The molecule has 1 aromatic carbocycles. The molecule has 3 rings (SSSR count). The molecule has 0 fully saturated rings. The molecular weight excluding hydrogens is 272 g/mol. The van der Waals surface area contributed by atoms with Gasteiger partial charge in [0.2, 0.25) is 0 Å². The normalized spacial score (nSPS) is 21.2. The van der Waals surface area contributed by atoms with Gasteiger partial charge in [-0.3, -0.25) is 4.68 Å². The van der Waals surface area contributed by atoms with Crippen molar-refractivity contribution in [3.8, 4) is 0 Å². The number of benzene rings is 1. The lowest BCUT2D eigenvalue weighted by molar-refractivity contribution is 0.0371. The molecule has 1 unspecified atom stereocenters. The topological polar surface area (TPSA) is 38.0 Å². The molecule has 0 saturated carbocycles. The van der Waals surface area contributed by atoms with Gasteiger partial charge in [-0.2, -0.15) is 5.10 Å². The molecule has 0 bridgehead atoms. The zero-order chi connectivity index (χ0) is 14.3. The van der Waals surface area contributed by atoms with E-state index in [0.717, 1.165) is 36.2 Å².